The van der Waals surface area contributed by atoms with E-state index in [-0.39, 0.29) is 11.3 Å². The quantitative estimate of drug-likeness (QED) is 0.368. The number of benzene rings is 2. The molecule has 2 aromatic carbocycles. The number of halogens is 1. The minimum Gasteiger partial charge on any atom is -0.495 e. The molecule has 10 heteroatoms. The van der Waals surface area contributed by atoms with Crippen LogP contribution in [0.5, 0.6) is 5.75 Å². The Balaban J connectivity index is 1.98. The number of thioether (sulfide) groups is 1. The predicted molar refractivity (Wildman–Crippen MR) is 104 cm³/mol. The number of nitro groups is 1. The first kappa shape index (κ1) is 18.4. The van der Waals surface area contributed by atoms with Crippen LogP contribution in [0, 0.1) is 10.1 Å². The van der Waals surface area contributed by atoms with Gasteiger partial charge in [-0.3, -0.25) is 20.2 Å². The van der Waals surface area contributed by atoms with Gasteiger partial charge in [0, 0.05) is 5.02 Å². The Morgan fingerprint density at radius 2 is 2.15 bits per heavy atom. The molecule has 0 spiro atoms. The highest BCUT2D eigenvalue weighted by molar-refractivity contribution is 7.98. The number of ether oxygens (including phenoxy) is 1. The second kappa shape index (κ2) is 7.48. The first-order chi connectivity index (χ1) is 12.4. The van der Waals surface area contributed by atoms with Crippen molar-refractivity contribution in [2.75, 3.05) is 18.7 Å². The molecule has 0 atom stereocenters. The molecule has 0 radical (unpaired) electrons. The topological polar surface area (TPSA) is 94.4 Å². The summed E-state index contributed by atoms with van der Waals surface area (Å²) in [7, 11) is 1.42. The molecule has 3 rings (SSSR count). The Morgan fingerprint density at radius 3 is 2.81 bits per heavy atom. The van der Waals surface area contributed by atoms with Crippen LogP contribution in [0.2, 0.25) is 5.02 Å². The highest BCUT2D eigenvalue weighted by Crippen LogP contribution is 2.35. The maximum Gasteiger partial charge on any atom is 0.285 e. The van der Waals surface area contributed by atoms with Crippen LogP contribution in [0.4, 0.5) is 10.8 Å². The minimum atomic E-state index is -0.611. The molecule has 1 heterocycles. The van der Waals surface area contributed by atoms with Crippen LogP contribution in [-0.4, -0.2) is 29.2 Å². The van der Waals surface area contributed by atoms with Crippen molar-refractivity contribution >= 4 is 61.6 Å². The smallest absolute Gasteiger partial charge is 0.285 e. The van der Waals surface area contributed by atoms with E-state index in [4.69, 9.17) is 16.3 Å². The summed E-state index contributed by atoms with van der Waals surface area (Å²) in [5.41, 5.74) is 0.294. The lowest BCUT2D eigenvalue weighted by atomic mass is 10.1. The highest BCUT2D eigenvalue weighted by atomic mass is 35.5. The number of nitrogens with one attached hydrogen (secondary N) is 1. The molecule has 1 amide bonds. The first-order valence-corrected chi connectivity index (χ1v) is 9.62. The lowest BCUT2D eigenvalue weighted by Gasteiger charge is -2.09. The maximum absolute atomic E-state index is 12.6. The van der Waals surface area contributed by atoms with E-state index in [2.05, 4.69) is 10.3 Å². The summed E-state index contributed by atoms with van der Waals surface area (Å²) in [5, 5.41) is 14.9. The van der Waals surface area contributed by atoms with Gasteiger partial charge in [0.1, 0.15) is 11.3 Å². The van der Waals surface area contributed by atoms with Gasteiger partial charge in [0.15, 0.2) is 5.13 Å². The van der Waals surface area contributed by atoms with Crippen molar-refractivity contribution in [1.82, 2.24) is 4.98 Å². The number of fused-ring (bicyclic) bond motifs is 1. The number of nitro benzene ring substituents is 1. The molecule has 134 valence electrons. The Labute approximate surface area is 161 Å². The van der Waals surface area contributed by atoms with Gasteiger partial charge in [0.2, 0.25) is 0 Å². The fraction of sp³-hybridized carbons (Fsp3) is 0.125. The summed E-state index contributed by atoms with van der Waals surface area (Å²) in [4.78, 5) is 28.3. The van der Waals surface area contributed by atoms with Crippen molar-refractivity contribution in [3.8, 4) is 5.75 Å². The van der Waals surface area contributed by atoms with E-state index in [0.29, 0.717) is 26.3 Å². The van der Waals surface area contributed by atoms with E-state index < -0.39 is 10.8 Å². The van der Waals surface area contributed by atoms with Crippen molar-refractivity contribution in [1.29, 1.82) is 0 Å². The summed E-state index contributed by atoms with van der Waals surface area (Å²) in [6.45, 7) is 0. The minimum absolute atomic E-state index is 0.0579. The maximum atomic E-state index is 12.6. The number of aromatic nitrogens is 1. The number of methoxy groups -OCH3 is 1. The Bertz CT molecular complexity index is 1020. The van der Waals surface area contributed by atoms with Crippen LogP contribution >= 0.6 is 34.7 Å². The van der Waals surface area contributed by atoms with Crippen LogP contribution in [0.1, 0.15) is 10.4 Å². The van der Waals surface area contributed by atoms with E-state index in [1.165, 1.54) is 42.3 Å². The number of hydrogen-bond acceptors (Lipinski definition) is 7. The second-order valence-electron chi connectivity index (χ2n) is 5.07. The van der Waals surface area contributed by atoms with E-state index >= 15 is 0 Å². The van der Waals surface area contributed by atoms with Gasteiger partial charge in [0.05, 0.1) is 33.2 Å². The lowest BCUT2D eigenvalue weighted by molar-refractivity contribution is -0.385. The molecular formula is C16H12ClN3O4S2. The molecule has 1 aromatic heterocycles. The van der Waals surface area contributed by atoms with E-state index in [9.17, 15) is 14.9 Å². The molecule has 26 heavy (non-hydrogen) atoms. The Morgan fingerprint density at radius 1 is 1.38 bits per heavy atom. The largest absolute Gasteiger partial charge is 0.495 e. The molecular weight excluding hydrogens is 398 g/mol. The summed E-state index contributed by atoms with van der Waals surface area (Å²) in [6.07, 6.45) is 1.79. The average molecular weight is 410 g/mol. The number of rotatable bonds is 5. The number of anilines is 1. The predicted octanol–water partition coefficient (Wildman–Crippen LogP) is 4.84. The summed E-state index contributed by atoms with van der Waals surface area (Å²) in [6, 6.07) is 7.88. The van der Waals surface area contributed by atoms with E-state index in [1.807, 2.05) is 0 Å². The molecule has 0 saturated carbocycles. The second-order valence-corrected chi connectivity index (χ2v) is 7.38. The highest BCUT2D eigenvalue weighted by Gasteiger charge is 2.24. The van der Waals surface area contributed by atoms with Crippen LogP contribution in [0.3, 0.4) is 0 Å². The number of carbonyl (C=O) groups is 1. The van der Waals surface area contributed by atoms with E-state index in [1.54, 1.807) is 24.5 Å². The standard InChI is InChI=1S/C16H12ClN3O4S2/c1-24-12-7-11(20(22)23)9(6-14(12)25-2)15(21)19-16-18-10-4-3-8(17)5-13(10)26-16/h3-7H,1-2H3,(H,18,19,21). The van der Waals surface area contributed by atoms with Crippen molar-refractivity contribution in [3.05, 3.63) is 51.0 Å². The average Bonchev–Trinajstić information content (AvgIpc) is 3.01. The SMILES string of the molecule is COc1cc([N+](=O)[O-])c(C(=O)Nc2nc3ccc(Cl)cc3s2)cc1SC. The van der Waals surface area contributed by atoms with Gasteiger partial charge in [-0.1, -0.05) is 22.9 Å². The van der Waals surface area contributed by atoms with Gasteiger partial charge in [-0.25, -0.2) is 4.98 Å². The van der Waals surface area contributed by atoms with Gasteiger partial charge in [-0.2, -0.15) is 0 Å². The first-order valence-electron chi connectivity index (χ1n) is 7.20. The van der Waals surface area contributed by atoms with Crippen LogP contribution in [0.25, 0.3) is 10.2 Å². The van der Waals surface area contributed by atoms with Crippen molar-refractivity contribution in [3.63, 3.8) is 0 Å². The van der Waals surface area contributed by atoms with Gasteiger partial charge in [-0.05, 0) is 30.5 Å². The fourth-order valence-corrected chi connectivity index (χ4v) is 4.03. The van der Waals surface area contributed by atoms with Crippen LogP contribution < -0.4 is 10.1 Å². The van der Waals surface area contributed by atoms with Crippen molar-refractivity contribution in [2.24, 2.45) is 0 Å². The zero-order valence-corrected chi connectivity index (χ0v) is 16.0. The monoisotopic (exact) mass is 409 g/mol. The van der Waals surface area contributed by atoms with Crippen LogP contribution in [-0.2, 0) is 0 Å². The Hall–Kier alpha value is -2.36. The Kier molecular flexibility index (Phi) is 5.30. The molecule has 0 bridgehead atoms. The van der Waals surface area contributed by atoms with Crippen molar-refractivity contribution < 1.29 is 14.5 Å². The third-order valence-electron chi connectivity index (χ3n) is 3.51. The molecule has 0 fully saturated rings. The molecule has 3 aromatic rings. The summed E-state index contributed by atoms with van der Waals surface area (Å²) >= 11 is 8.52. The summed E-state index contributed by atoms with van der Waals surface area (Å²) < 4.78 is 5.96. The number of amides is 1. The van der Waals surface area contributed by atoms with Crippen molar-refractivity contribution in [2.45, 2.75) is 4.90 Å². The molecule has 0 aliphatic rings. The van der Waals surface area contributed by atoms with Gasteiger partial charge < -0.3 is 4.74 Å². The zero-order chi connectivity index (χ0) is 18.8. The molecule has 0 aliphatic heterocycles. The molecule has 1 N–H and O–H groups in total. The molecule has 0 saturated heterocycles. The van der Waals surface area contributed by atoms with Crippen LogP contribution in [0.15, 0.2) is 35.2 Å². The number of hydrogen-bond donors (Lipinski definition) is 1. The summed E-state index contributed by atoms with van der Waals surface area (Å²) in [5.74, 6) is -0.268. The number of carbonyl (C=O) groups excluding carboxylic acids is 1. The number of thiazole rings is 1. The zero-order valence-electron chi connectivity index (χ0n) is 13.6. The van der Waals surface area contributed by atoms with Gasteiger partial charge in [-0.15, -0.1) is 11.8 Å². The molecule has 7 nitrogen and oxygen atoms in total. The van der Waals surface area contributed by atoms with E-state index in [0.717, 1.165) is 4.70 Å². The fourth-order valence-electron chi connectivity index (χ4n) is 2.32. The molecule has 0 unspecified atom stereocenters. The number of nitrogens with zero attached hydrogens (tertiary/aromatic N) is 2. The van der Waals surface area contributed by atoms with Gasteiger partial charge in [0.25, 0.3) is 11.6 Å². The normalized spacial score (nSPS) is 10.7. The molecule has 0 aliphatic carbocycles. The third-order valence-corrected chi connectivity index (χ3v) is 5.44. The van der Waals surface area contributed by atoms with Gasteiger partial charge >= 0.3 is 0 Å². The third kappa shape index (κ3) is 3.59. The lowest BCUT2D eigenvalue weighted by Crippen LogP contribution is -2.14.